The average molecular weight is 241 g/mol. The highest BCUT2D eigenvalue weighted by Gasteiger charge is 2.21. The zero-order valence-corrected chi connectivity index (χ0v) is 9.98. The van der Waals surface area contributed by atoms with Crippen molar-refractivity contribution in [3.8, 4) is 0 Å². The van der Waals surface area contributed by atoms with Crippen molar-refractivity contribution in [2.75, 3.05) is 0 Å². The van der Waals surface area contributed by atoms with Crippen LogP contribution in [-0.2, 0) is 10.5 Å². The molecule has 0 radical (unpaired) electrons. The number of carbonyl (C=O) groups excluding carboxylic acids is 1. The molecule has 1 aliphatic carbocycles. The number of Topliss-reactive ketones (excluding diaryl/α,β-unsaturated/α-hetero) is 1. The normalized spacial score (nSPS) is 20.9. The summed E-state index contributed by atoms with van der Waals surface area (Å²) in [4.78, 5) is 11.1. The van der Waals surface area contributed by atoms with Crippen molar-refractivity contribution in [3.63, 3.8) is 0 Å². The van der Waals surface area contributed by atoms with E-state index in [1.807, 2.05) is 36.0 Å². The summed E-state index contributed by atoms with van der Waals surface area (Å²) in [5.41, 5.74) is 1.28. The molecule has 3 heteroatoms. The lowest BCUT2D eigenvalue weighted by Crippen LogP contribution is -1.97. The van der Waals surface area contributed by atoms with Crippen molar-refractivity contribution in [2.24, 2.45) is 0 Å². The minimum Gasteiger partial charge on any atom is -0.300 e. The van der Waals surface area contributed by atoms with Crippen LogP contribution in [0, 0.1) is 0 Å². The van der Waals surface area contributed by atoms with E-state index < -0.39 is 0 Å². The molecule has 1 aromatic rings. The van der Waals surface area contributed by atoms with Crippen LogP contribution in [0.1, 0.15) is 24.8 Å². The number of benzene rings is 1. The number of hydrogen-bond acceptors (Lipinski definition) is 2. The van der Waals surface area contributed by atoms with Crippen LogP contribution >= 0.6 is 23.4 Å². The van der Waals surface area contributed by atoms with Gasteiger partial charge in [-0.25, -0.2) is 0 Å². The van der Waals surface area contributed by atoms with Crippen molar-refractivity contribution in [1.82, 2.24) is 0 Å². The number of thioether (sulfide) groups is 1. The summed E-state index contributed by atoms with van der Waals surface area (Å²) in [6.07, 6.45) is 2.59. The molecule has 1 aromatic carbocycles. The third-order valence-corrected chi connectivity index (χ3v) is 4.23. The highest BCUT2D eigenvalue weighted by molar-refractivity contribution is 7.99. The molecule has 0 spiro atoms. The van der Waals surface area contributed by atoms with Gasteiger partial charge in [-0.1, -0.05) is 23.7 Å². The maximum absolute atomic E-state index is 11.1. The summed E-state index contributed by atoms with van der Waals surface area (Å²) >= 11 is 7.69. The predicted molar refractivity (Wildman–Crippen MR) is 65.4 cm³/mol. The van der Waals surface area contributed by atoms with Crippen LogP contribution in [0.3, 0.4) is 0 Å². The third-order valence-electron chi connectivity index (χ3n) is 2.60. The van der Waals surface area contributed by atoms with Crippen LogP contribution < -0.4 is 0 Å². The Bertz CT molecular complexity index is 347. The second-order valence-electron chi connectivity index (χ2n) is 3.84. The summed E-state index contributed by atoms with van der Waals surface area (Å²) in [5, 5.41) is 1.31. The molecule has 2 rings (SSSR count). The second-order valence-corrected chi connectivity index (χ2v) is 5.57. The van der Waals surface area contributed by atoms with E-state index in [1.54, 1.807) is 0 Å². The largest absolute Gasteiger partial charge is 0.300 e. The lowest BCUT2D eigenvalue weighted by Gasteiger charge is -2.07. The number of halogens is 1. The van der Waals surface area contributed by atoms with Crippen molar-refractivity contribution in [1.29, 1.82) is 0 Å². The lowest BCUT2D eigenvalue weighted by molar-refractivity contribution is -0.117. The van der Waals surface area contributed by atoms with E-state index in [1.165, 1.54) is 5.56 Å². The first-order valence-corrected chi connectivity index (χ1v) is 6.54. The van der Waals surface area contributed by atoms with Crippen LogP contribution in [0.2, 0.25) is 5.02 Å². The third kappa shape index (κ3) is 3.25. The molecule has 0 bridgehead atoms. The Labute approximate surface area is 99.2 Å². The fourth-order valence-corrected chi connectivity index (χ4v) is 3.05. The number of ketones is 1. The van der Waals surface area contributed by atoms with Gasteiger partial charge in [0.15, 0.2) is 0 Å². The van der Waals surface area contributed by atoms with Gasteiger partial charge in [-0.05, 0) is 24.1 Å². The van der Waals surface area contributed by atoms with Gasteiger partial charge in [0.2, 0.25) is 0 Å². The van der Waals surface area contributed by atoms with E-state index in [2.05, 4.69) is 0 Å². The number of hydrogen-bond donors (Lipinski definition) is 0. The quantitative estimate of drug-likeness (QED) is 0.802. The molecule has 0 saturated heterocycles. The molecule has 1 aliphatic rings. The van der Waals surface area contributed by atoms with Crippen LogP contribution in [0.25, 0.3) is 0 Å². The monoisotopic (exact) mass is 240 g/mol. The van der Waals surface area contributed by atoms with Gasteiger partial charge >= 0.3 is 0 Å². The first-order valence-electron chi connectivity index (χ1n) is 5.12. The van der Waals surface area contributed by atoms with Gasteiger partial charge in [0, 0.05) is 28.9 Å². The van der Waals surface area contributed by atoms with Crippen molar-refractivity contribution >= 4 is 29.1 Å². The van der Waals surface area contributed by atoms with Gasteiger partial charge < -0.3 is 0 Å². The van der Waals surface area contributed by atoms with Crippen LogP contribution in [-0.4, -0.2) is 11.0 Å². The Morgan fingerprint density at radius 2 is 2.07 bits per heavy atom. The zero-order valence-electron chi connectivity index (χ0n) is 8.41. The standard InChI is InChI=1S/C12H13ClOS/c13-10-3-1-9(2-4-10)8-15-12-6-5-11(14)7-12/h1-4,12H,5-8H2. The molecule has 0 amide bonds. The molecule has 1 fully saturated rings. The van der Waals surface area contributed by atoms with E-state index in [0.29, 0.717) is 11.0 Å². The molecule has 1 unspecified atom stereocenters. The summed E-state index contributed by atoms with van der Waals surface area (Å²) < 4.78 is 0. The minimum atomic E-state index is 0.420. The Hall–Kier alpha value is -0.470. The molecule has 1 atom stereocenters. The number of carbonyl (C=O) groups is 1. The average Bonchev–Trinajstić information content (AvgIpc) is 2.64. The van der Waals surface area contributed by atoms with Gasteiger partial charge in [-0.2, -0.15) is 11.8 Å². The second kappa shape index (κ2) is 5.04. The van der Waals surface area contributed by atoms with E-state index in [-0.39, 0.29) is 0 Å². The Kier molecular flexibility index (Phi) is 3.71. The van der Waals surface area contributed by atoms with Crippen molar-refractivity contribution in [3.05, 3.63) is 34.9 Å². The van der Waals surface area contributed by atoms with Gasteiger partial charge in [0.05, 0.1) is 0 Å². The first-order chi connectivity index (χ1) is 7.24. The molecule has 0 heterocycles. The van der Waals surface area contributed by atoms with Crippen molar-refractivity contribution in [2.45, 2.75) is 30.3 Å². The first kappa shape index (κ1) is 11.0. The zero-order chi connectivity index (χ0) is 10.7. The van der Waals surface area contributed by atoms with Crippen LogP contribution in [0.4, 0.5) is 0 Å². The Morgan fingerprint density at radius 3 is 2.67 bits per heavy atom. The number of rotatable bonds is 3. The molecule has 1 saturated carbocycles. The van der Waals surface area contributed by atoms with Gasteiger partial charge in [-0.3, -0.25) is 4.79 Å². The van der Waals surface area contributed by atoms with Crippen LogP contribution in [0.5, 0.6) is 0 Å². The fourth-order valence-electron chi connectivity index (χ4n) is 1.72. The van der Waals surface area contributed by atoms with E-state index in [9.17, 15) is 4.79 Å². The molecule has 0 N–H and O–H groups in total. The maximum atomic E-state index is 11.1. The van der Waals surface area contributed by atoms with Crippen LogP contribution in [0.15, 0.2) is 24.3 Å². The lowest BCUT2D eigenvalue weighted by atomic mass is 10.2. The smallest absolute Gasteiger partial charge is 0.134 e. The fraction of sp³-hybridized carbons (Fsp3) is 0.417. The van der Waals surface area contributed by atoms with E-state index in [0.717, 1.165) is 30.0 Å². The maximum Gasteiger partial charge on any atom is 0.134 e. The summed E-state index contributed by atoms with van der Waals surface area (Å²) in [7, 11) is 0. The van der Waals surface area contributed by atoms with Gasteiger partial charge in [0.1, 0.15) is 5.78 Å². The Morgan fingerprint density at radius 1 is 1.33 bits per heavy atom. The molecule has 0 aliphatic heterocycles. The Balaban J connectivity index is 1.83. The van der Waals surface area contributed by atoms with Gasteiger partial charge in [-0.15, -0.1) is 0 Å². The summed E-state index contributed by atoms with van der Waals surface area (Å²) in [6, 6.07) is 7.92. The van der Waals surface area contributed by atoms with Gasteiger partial charge in [0.25, 0.3) is 0 Å². The van der Waals surface area contributed by atoms with E-state index in [4.69, 9.17) is 11.6 Å². The summed E-state index contributed by atoms with van der Waals surface area (Å²) in [6.45, 7) is 0. The topological polar surface area (TPSA) is 17.1 Å². The highest BCUT2D eigenvalue weighted by atomic mass is 35.5. The highest BCUT2D eigenvalue weighted by Crippen LogP contribution is 2.29. The van der Waals surface area contributed by atoms with Crippen molar-refractivity contribution < 1.29 is 4.79 Å². The molecule has 80 valence electrons. The molecule has 15 heavy (non-hydrogen) atoms. The van der Waals surface area contributed by atoms with E-state index >= 15 is 0 Å². The molecule has 1 nitrogen and oxygen atoms in total. The predicted octanol–water partition coefficient (Wildman–Crippen LogP) is 3.69. The summed E-state index contributed by atoms with van der Waals surface area (Å²) in [5.74, 6) is 1.40. The SMILES string of the molecule is O=C1CCC(SCc2ccc(Cl)cc2)C1. The molecular formula is C12H13ClOS. The molecular weight excluding hydrogens is 228 g/mol. The minimum absolute atomic E-state index is 0.420. The molecule has 0 aromatic heterocycles.